The Bertz CT molecular complexity index is 360. The predicted molar refractivity (Wildman–Crippen MR) is 94.3 cm³/mol. The standard InChI is InChI=1S/C20H34O3/c1-2-23-20(22)18-16-14-12-10-8-6-4-3-5-7-9-11-13-15-17-19(18)21/h3-4,18H,2,5-17H2,1H3/b4-3-/t18-/m0/s1. The molecule has 1 rings (SSSR count). The average Bonchev–Trinajstić information content (AvgIpc) is 2.54. The van der Waals surface area contributed by atoms with E-state index in [1.807, 2.05) is 0 Å². The Kier molecular flexibility index (Phi) is 11.5. The van der Waals surface area contributed by atoms with Crippen LogP contribution in [0.4, 0.5) is 0 Å². The highest BCUT2D eigenvalue weighted by Crippen LogP contribution is 2.18. The second kappa shape index (κ2) is 13.3. The number of Topliss-reactive ketones (excluding diaryl/α,β-unsaturated/α-hetero) is 1. The highest BCUT2D eigenvalue weighted by molar-refractivity contribution is 5.98. The van der Waals surface area contributed by atoms with E-state index in [1.165, 1.54) is 38.5 Å². The molecule has 0 radical (unpaired) electrons. The molecule has 0 saturated carbocycles. The first-order valence-corrected chi connectivity index (χ1v) is 9.60. The molecule has 0 unspecified atom stereocenters. The third kappa shape index (κ3) is 9.58. The molecule has 0 saturated heterocycles. The molecule has 0 spiro atoms. The fraction of sp³-hybridized carbons (Fsp3) is 0.800. The molecule has 0 aromatic heterocycles. The third-order valence-electron chi connectivity index (χ3n) is 4.53. The monoisotopic (exact) mass is 322 g/mol. The van der Waals surface area contributed by atoms with Crippen LogP contribution in [0.5, 0.6) is 0 Å². The minimum absolute atomic E-state index is 0.0921. The van der Waals surface area contributed by atoms with Crippen LogP contribution in [-0.4, -0.2) is 18.4 Å². The summed E-state index contributed by atoms with van der Waals surface area (Å²) in [5.74, 6) is -0.738. The van der Waals surface area contributed by atoms with Gasteiger partial charge in [-0.15, -0.1) is 0 Å². The van der Waals surface area contributed by atoms with Crippen LogP contribution in [0.15, 0.2) is 12.2 Å². The second-order valence-corrected chi connectivity index (χ2v) is 6.54. The lowest BCUT2D eigenvalue weighted by molar-refractivity contribution is -0.152. The van der Waals surface area contributed by atoms with Gasteiger partial charge in [0.25, 0.3) is 0 Å². The first-order chi connectivity index (χ1) is 11.3. The van der Waals surface area contributed by atoms with Gasteiger partial charge >= 0.3 is 5.97 Å². The molecule has 132 valence electrons. The summed E-state index contributed by atoms with van der Waals surface area (Å²) in [6.45, 7) is 2.16. The van der Waals surface area contributed by atoms with E-state index in [-0.39, 0.29) is 11.8 Å². The van der Waals surface area contributed by atoms with Crippen molar-refractivity contribution in [2.45, 2.75) is 90.4 Å². The Balaban J connectivity index is 2.50. The topological polar surface area (TPSA) is 43.4 Å². The van der Waals surface area contributed by atoms with Gasteiger partial charge in [0.2, 0.25) is 0 Å². The average molecular weight is 322 g/mol. The lowest BCUT2D eigenvalue weighted by Crippen LogP contribution is -2.26. The van der Waals surface area contributed by atoms with Crippen LogP contribution in [0, 0.1) is 5.92 Å². The molecule has 0 bridgehead atoms. The second-order valence-electron chi connectivity index (χ2n) is 6.54. The highest BCUT2D eigenvalue weighted by atomic mass is 16.5. The number of rotatable bonds is 2. The molecule has 3 nitrogen and oxygen atoms in total. The van der Waals surface area contributed by atoms with Crippen molar-refractivity contribution in [1.29, 1.82) is 0 Å². The molecule has 1 atom stereocenters. The zero-order valence-electron chi connectivity index (χ0n) is 14.9. The van der Waals surface area contributed by atoms with E-state index in [1.54, 1.807) is 6.92 Å². The lowest BCUT2D eigenvalue weighted by atomic mass is 9.93. The molecule has 0 aromatic carbocycles. The Hall–Kier alpha value is -1.12. The van der Waals surface area contributed by atoms with Gasteiger partial charge in [-0.1, -0.05) is 50.7 Å². The molecule has 0 amide bonds. The SMILES string of the molecule is CCOC(=O)[C@H]1CCCCCC/C=C\CCCCCCCC1=O. The number of hydrogen-bond acceptors (Lipinski definition) is 3. The fourth-order valence-corrected chi connectivity index (χ4v) is 3.12. The van der Waals surface area contributed by atoms with Crippen LogP contribution < -0.4 is 0 Å². The van der Waals surface area contributed by atoms with Gasteiger partial charge in [0.05, 0.1) is 6.61 Å². The van der Waals surface area contributed by atoms with Crippen LogP contribution in [0.3, 0.4) is 0 Å². The van der Waals surface area contributed by atoms with E-state index < -0.39 is 5.92 Å². The van der Waals surface area contributed by atoms with Crippen molar-refractivity contribution in [1.82, 2.24) is 0 Å². The first kappa shape index (κ1) is 19.9. The number of hydrogen-bond donors (Lipinski definition) is 0. The summed E-state index contributed by atoms with van der Waals surface area (Å²) in [7, 11) is 0. The summed E-state index contributed by atoms with van der Waals surface area (Å²) in [6.07, 6.45) is 18.2. The molecule has 3 heteroatoms. The summed E-state index contributed by atoms with van der Waals surface area (Å²) >= 11 is 0. The molecule has 0 fully saturated rings. The molecule has 0 aromatic rings. The van der Waals surface area contributed by atoms with Crippen molar-refractivity contribution >= 4 is 11.8 Å². The van der Waals surface area contributed by atoms with Gasteiger partial charge in [-0.3, -0.25) is 9.59 Å². The van der Waals surface area contributed by atoms with E-state index in [2.05, 4.69) is 12.2 Å². The molecule has 1 aliphatic rings. The van der Waals surface area contributed by atoms with Crippen LogP contribution in [0.2, 0.25) is 0 Å². The number of carbonyl (C=O) groups excluding carboxylic acids is 2. The normalized spacial score (nSPS) is 24.6. The maximum atomic E-state index is 12.4. The summed E-state index contributed by atoms with van der Waals surface area (Å²) in [6, 6.07) is 0. The fourth-order valence-electron chi connectivity index (χ4n) is 3.12. The Morgan fingerprint density at radius 1 is 0.957 bits per heavy atom. The molecule has 0 aliphatic heterocycles. The summed E-state index contributed by atoms with van der Waals surface area (Å²) in [5, 5.41) is 0. The summed E-state index contributed by atoms with van der Waals surface area (Å²) in [4.78, 5) is 24.4. The maximum absolute atomic E-state index is 12.4. The number of esters is 1. The lowest BCUT2D eigenvalue weighted by Gasteiger charge is -2.14. The number of ketones is 1. The quantitative estimate of drug-likeness (QED) is 0.389. The van der Waals surface area contributed by atoms with E-state index in [0.29, 0.717) is 19.4 Å². The van der Waals surface area contributed by atoms with Gasteiger partial charge in [-0.2, -0.15) is 0 Å². The van der Waals surface area contributed by atoms with Gasteiger partial charge in [0.1, 0.15) is 11.7 Å². The van der Waals surface area contributed by atoms with Crippen molar-refractivity contribution in [3.63, 3.8) is 0 Å². The van der Waals surface area contributed by atoms with E-state index in [0.717, 1.165) is 32.1 Å². The van der Waals surface area contributed by atoms with Gasteiger partial charge in [0.15, 0.2) is 0 Å². The molecule has 23 heavy (non-hydrogen) atoms. The van der Waals surface area contributed by atoms with Crippen LogP contribution in [0.25, 0.3) is 0 Å². The van der Waals surface area contributed by atoms with Crippen LogP contribution in [0.1, 0.15) is 90.4 Å². The van der Waals surface area contributed by atoms with Crippen molar-refractivity contribution in [3.8, 4) is 0 Å². The van der Waals surface area contributed by atoms with Crippen LogP contribution in [-0.2, 0) is 14.3 Å². The molecular formula is C20H34O3. The minimum atomic E-state index is -0.523. The molecular weight excluding hydrogens is 288 g/mol. The van der Waals surface area contributed by atoms with Crippen LogP contribution >= 0.6 is 0 Å². The number of ether oxygens (including phenoxy) is 1. The third-order valence-corrected chi connectivity index (χ3v) is 4.53. The largest absolute Gasteiger partial charge is 0.465 e. The van der Waals surface area contributed by atoms with Crippen molar-refractivity contribution in [2.24, 2.45) is 5.92 Å². The zero-order chi connectivity index (χ0) is 16.8. The summed E-state index contributed by atoms with van der Waals surface area (Å²) < 4.78 is 5.10. The minimum Gasteiger partial charge on any atom is -0.465 e. The molecule has 1 aliphatic carbocycles. The van der Waals surface area contributed by atoms with Gasteiger partial charge in [-0.25, -0.2) is 0 Å². The van der Waals surface area contributed by atoms with Gasteiger partial charge < -0.3 is 4.74 Å². The molecule has 0 N–H and O–H groups in total. The van der Waals surface area contributed by atoms with Crippen molar-refractivity contribution in [2.75, 3.05) is 6.61 Å². The van der Waals surface area contributed by atoms with E-state index in [9.17, 15) is 9.59 Å². The van der Waals surface area contributed by atoms with Crippen molar-refractivity contribution in [3.05, 3.63) is 12.2 Å². The van der Waals surface area contributed by atoms with Gasteiger partial charge in [-0.05, 0) is 45.4 Å². The number of carbonyl (C=O) groups is 2. The summed E-state index contributed by atoms with van der Waals surface area (Å²) in [5.41, 5.74) is 0. The van der Waals surface area contributed by atoms with Gasteiger partial charge in [0, 0.05) is 6.42 Å². The Morgan fingerprint density at radius 3 is 2.17 bits per heavy atom. The highest BCUT2D eigenvalue weighted by Gasteiger charge is 2.26. The first-order valence-electron chi connectivity index (χ1n) is 9.60. The zero-order valence-corrected chi connectivity index (χ0v) is 14.9. The molecule has 0 heterocycles. The van der Waals surface area contributed by atoms with Crippen molar-refractivity contribution < 1.29 is 14.3 Å². The number of allylic oxidation sites excluding steroid dienone is 2. The maximum Gasteiger partial charge on any atom is 0.316 e. The predicted octanol–water partition coefficient (Wildman–Crippen LogP) is 5.38. The van der Waals surface area contributed by atoms with E-state index >= 15 is 0 Å². The Labute approximate surface area is 141 Å². The smallest absolute Gasteiger partial charge is 0.316 e. The Morgan fingerprint density at radius 2 is 1.52 bits per heavy atom. The van der Waals surface area contributed by atoms with E-state index in [4.69, 9.17) is 4.74 Å².